The van der Waals surface area contributed by atoms with Crippen LogP contribution in [0.1, 0.15) is 44.7 Å². The van der Waals surface area contributed by atoms with Gasteiger partial charge in [0.05, 0.1) is 18.8 Å². The molecule has 1 atom stereocenters. The van der Waals surface area contributed by atoms with Crippen LogP contribution in [0.5, 0.6) is 0 Å². The average molecular weight is 325 g/mol. The largest absolute Gasteiger partial charge is 0.336 e. The van der Waals surface area contributed by atoms with Crippen LogP contribution in [0.15, 0.2) is 24.4 Å². The van der Waals surface area contributed by atoms with E-state index >= 15 is 0 Å². The first-order chi connectivity index (χ1) is 11.7. The smallest absolute Gasteiger partial charge is 0.222 e. The molecule has 2 aliphatic rings. The molecule has 128 valence electrons. The van der Waals surface area contributed by atoms with Gasteiger partial charge in [-0.05, 0) is 37.9 Å². The van der Waals surface area contributed by atoms with Crippen molar-refractivity contribution < 1.29 is 4.79 Å². The zero-order valence-corrected chi connectivity index (χ0v) is 14.6. The minimum absolute atomic E-state index is 0.245. The Morgan fingerprint density at radius 3 is 2.96 bits per heavy atom. The molecule has 1 aromatic rings. The lowest BCUT2D eigenvalue weighted by Crippen LogP contribution is -2.53. The quantitative estimate of drug-likeness (QED) is 0.802. The van der Waals surface area contributed by atoms with Crippen LogP contribution in [0.3, 0.4) is 0 Å². The second-order valence-corrected chi connectivity index (χ2v) is 7.09. The average Bonchev–Trinajstić information content (AvgIpc) is 2.60. The second kappa shape index (κ2) is 7.81. The molecule has 4 nitrogen and oxygen atoms in total. The van der Waals surface area contributed by atoms with Gasteiger partial charge in [-0.3, -0.25) is 14.7 Å². The van der Waals surface area contributed by atoms with Crippen molar-refractivity contribution in [2.75, 3.05) is 26.2 Å². The third-order valence-electron chi connectivity index (χ3n) is 5.17. The van der Waals surface area contributed by atoms with Crippen LogP contribution in [-0.2, 0) is 11.3 Å². The van der Waals surface area contributed by atoms with Crippen molar-refractivity contribution in [3.8, 4) is 11.8 Å². The highest BCUT2D eigenvalue weighted by Gasteiger charge is 2.41. The van der Waals surface area contributed by atoms with Crippen molar-refractivity contribution in [2.45, 2.75) is 45.6 Å². The first-order valence-corrected chi connectivity index (χ1v) is 9.06. The summed E-state index contributed by atoms with van der Waals surface area (Å²) in [5, 5.41) is 0. The number of likely N-dealkylation sites (tertiary alicyclic amines) is 2. The van der Waals surface area contributed by atoms with Gasteiger partial charge >= 0.3 is 0 Å². The molecule has 4 heteroatoms. The molecule has 0 aliphatic carbocycles. The normalized spacial score (nSPS) is 24.7. The van der Waals surface area contributed by atoms with Crippen molar-refractivity contribution in [3.63, 3.8) is 0 Å². The Balaban J connectivity index is 1.66. The predicted molar refractivity (Wildman–Crippen MR) is 95.1 cm³/mol. The highest BCUT2D eigenvalue weighted by molar-refractivity contribution is 5.77. The Morgan fingerprint density at radius 1 is 1.25 bits per heavy atom. The molecule has 1 amide bonds. The van der Waals surface area contributed by atoms with E-state index in [1.807, 2.05) is 23.1 Å². The summed E-state index contributed by atoms with van der Waals surface area (Å²) in [7, 11) is 0. The fourth-order valence-corrected chi connectivity index (χ4v) is 4.00. The summed E-state index contributed by atoms with van der Waals surface area (Å²) in [4.78, 5) is 21.3. The Bertz CT molecular complexity index is 619. The highest BCUT2D eigenvalue weighted by atomic mass is 16.2. The number of hydrogen-bond acceptors (Lipinski definition) is 3. The molecule has 0 N–H and O–H groups in total. The van der Waals surface area contributed by atoms with Crippen molar-refractivity contribution in [1.82, 2.24) is 14.8 Å². The van der Waals surface area contributed by atoms with Gasteiger partial charge in [-0.25, -0.2) is 0 Å². The van der Waals surface area contributed by atoms with Crippen LogP contribution >= 0.6 is 0 Å². The number of hydrogen-bond donors (Lipinski definition) is 0. The van der Waals surface area contributed by atoms with Gasteiger partial charge in [0.1, 0.15) is 0 Å². The molecule has 0 bridgehead atoms. The molecule has 0 saturated carbocycles. The van der Waals surface area contributed by atoms with Gasteiger partial charge in [0, 0.05) is 37.5 Å². The zero-order chi connectivity index (χ0) is 16.8. The predicted octanol–water partition coefficient (Wildman–Crippen LogP) is 2.70. The lowest BCUT2D eigenvalue weighted by atomic mass is 9.73. The van der Waals surface area contributed by atoms with Crippen LogP contribution in [0.4, 0.5) is 0 Å². The Morgan fingerprint density at radius 2 is 2.17 bits per heavy atom. The van der Waals surface area contributed by atoms with Gasteiger partial charge in [-0.2, -0.15) is 0 Å². The summed E-state index contributed by atoms with van der Waals surface area (Å²) in [5.74, 6) is 6.72. The maximum atomic E-state index is 12.4. The van der Waals surface area contributed by atoms with Crippen LogP contribution < -0.4 is 0 Å². The van der Waals surface area contributed by atoms with Crippen LogP contribution in [0.25, 0.3) is 0 Å². The van der Waals surface area contributed by atoms with E-state index < -0.39 is 0 Å². The molecule has 24 heavy (non-hydrogen) atoms. The number of pyridine rings is 1. The van der Waals surface area contributed by atoms with Gasteiger partial charge in [0.2, 0.25) is 5.91 Å². The van der Waals surface area contributed by atoms with Crippen LogP contribution in [-0.4, -0.2) is 46.9 Å². The number of nitrogens with zero attached hydrogens (tertiary/aromatic N) is 3. The second-order valence-electron chi connectivity index (χ2n) is 7.09. The maximum Gasteiger partial charge on any atom is 0.222 e. The Kier molecular flexibility index (Phi) is 5.52. The first kappa shape index (κ1) is 17.0. The maximum absolute atomic E-state index is 12.4. The zero-order valence-electron chi connectivity index (χ0n) is 14.6. The van der Waals surface area contributed by atoms with E-state index in [-0.39, 0.29) is 11.3 Å². The minimum atomic E-state index is 0.245. The third-order valence-corrected chi connectivity index (χ3v) is 5.17. The van der Waals surface area contributed by atoms with Crippen molar-refractivity contribution in [3.05, 3.63) is 30.1 Å². The molecule has 2 saturated heterocycles. The molecule has 1 spiro atoms. The van der Waals surface area contributed by atoms with Crippen LogP contribution in [0, 0.1) is 17.3 Å². The molecule has 0 aromatic carbocycles. The van der Waals surface area contributed by atoms with Crippen LogP contribution in [0.2, 0.25) is 0 Å². The van der Waals surface area contributed by atoms with E-state index in [9.17, 15) is 4.79 Å². The van der Waals surface area contributed by atoms with Gasteiger partial charge in [0.25, 0.3) is 0 Å². The van der Waals surface area contributed by atoms with E-state index in [2.05, 4.69) is 28.6 Å². The van der Waals surface area contributed by atoms with E-state index in [1.54, 1.807) is 6.20 Å². The summed E-state index contributed by atoms with van der Waals surface area (Å²) in [6.07, 6.45) is 6.83. The molecule has 2 fully saturated rings. The fourth-order valence-electron chi connectivity index (χ4n) is 4.00. The number of carbonyl (C=O) groups excluding carboxylic acids is 1. The standard InChI is InChI=1S/C20H27N3O/c1-2-3-6-13-22-14-7-10-20(16-22)11-9-19(24)23(17-20)15-18-8-4-5-12-21-18/h4-5,8,12H,2,7,9-11,13-17H2,1H3/t20-/m1/s1. The topological polar surface area (TPSA) is 36.4 Å². The van der Waals surface area contributed by atoms with Crippen molar-refractivity contribution in [2.24, 2.45) is 5.41 Å². The van der Waals surface area contributed by atoms with E-state index in [4.69, 9.17) is 0 Å². The van der Waals surface area contributed by atoms with Gasteiger partial charge in [-0.15, -0.1) is 5.92 Å². The molecule has 3 heterocycles. The first-order valence-electron chi connectivity index (χ1n) is 9.06. The van der Waals surface area contributed by atoms with E-state index in [0.717, 1.165) is 44.7 Å². The monoisotopic (exact) mass is 325 g/mol. The summed E-state index contributed by atoms with van der Waals surface area (Å²) in [6.45, 7) is 6.65. The lowest BCUT2D eigenvalue weighted by molar-refractivity contribution is -0.140. The number of rotatable bonds is 3. The minimum Gasteiger partial charge on any atom is -0.336 e. The molecule has 0 unspecified atom stereocenters. The number of aromatic nitrogens is 1. The molecular formula is C20H27N3O. The van der Waals surface area contributed by atoms with Crippen molar-refractivity contribution in [1.29, 1.82) is 0 Å². The number of piperidine rings is 2. The number of carbonyl (C=O) groups is 1. The molecule has 3 rings (SSSR count). The summed E-state index contributed by atoms with van der Waals surface area (Å²) >= 11 is 0. The summed E-state index contributed by atoms with van der Waals surface area (Å²) in [6, 6.07) is 5.91. The fraction of sp³-hybridized carbons (Fsp3) is 0.600. The molecule has 1 aromatic heterocycles. The number of amides is 1. The van der Waals surface area contributed by atoms with E-state index in [0.29, 0.717) is 13.0 Å². The Hall–Kier alpha value is -1.86. The highest BCUT2D eigenvalue weighted by Crippen LogP contribution is 2.39. The van der Waals surface area contributed by atoms with Crippen molar-refractivity contribution >= 4 is 5.91 Å². The van der Waals surface area contributed by atoms with Gasteiger partial charge in [0.15, 0.2) is 0 Å². The molecule has 0 radical (unpaired) electrons. The van der Waals surface area contributed by atoms with Gasteiger partial charge in [-0.1, -0.05) is 18.9 Å². The van der Waals surface area contributed by atoms with E-state index in [1.165, 1.54) is 12.8 Å². The van der Waals surface area contributed by atoms with Gasteiger partial charge < -0.3 is 4.90 Å². The Labute approximate surface area is 145 Å². The summed E-state index contributed by atoms with van der Waals surface area (Å²) < 4.78 is 0. The third kappa shape index (κ3) is 4.15. The summed E-state index contributed by atoms with van der Waals surface area (Å²) in [5.41, 5.74) is 1.22. The lowest BCUT2D eigenvalue weighted by Gasteiger charge is -2.48. The molecule has 2 aliphatic heterocycles. The SMILES string of the molecule is CCC#CCN1CCC[C@@]2(CCC(=O)N(Cc3ccccn3)C2)C1. The molecular weight excluding hydrogens is 298 g/mol.